The van der Waals surface area contributed by atoms with E-state index in [9.17, 15) is 19.8 Å². The Kier molecular flexibility index (Phi) is 64.9. The molecule has 0 bridgehead atoms. The molecular formula is C71H135NO5. The minimum atomic E-state index is -0.843. The number of hydrogen-bond acceptors (Lipinski definition) is 5. The Hall–Kier alpha value is -1.92. The van der Waals surface area contributed by atoms with Gasteiger partial charge in [-0.25, -0.2) is 0 Å². The summed E-state index contributed by atoms with van der Waals surface area (Å²) in [6.45, 7) is 4.91. The van der Waals surface area contributed by atoms with Crippen LogP contribution >= 0.6 is 0 Å². The van der Waals surface area contributed by atoms with Crippen LogP contribution < -0.4 is 5.32 Å². The maximum atomic E-state index is 12.5. The quantitative estimate of drug-likeness (QED) is 0.0320. The second-order valence-corrected chi connectivity index (χ2v) is 23.9. The van der Waals surface area contributed by atoms with E-state index in [4.69, 9.17) is 4.74 Å². The van der Waals surface area contributed by atoms with Gasteiger partial charge in [0.1, 0.15) is 0 Å². The number of nitrogens with one attached hydrogen (secondary N) is 1. The summed E-state index contributed by atoms with van der Waals surface area (Å²) in [4.78, 5) is 24.5. The lowest BCUT2D eigenvalue weighted by atomic mass is 10.0. The summed E-state index contributed by atoms with van der Waals surface area (Å²) in [5.74, 6) is -0.0558. The van der Waals surface area contributed by atoms with Crippen LogP contribution in [-0.4, -0.2) is 47.4 Å². The van der Waals surface area contributed by atoms with Crippen LogP contribution in [0.4, 0.5) is 0 Å². The standard InChI is InChI=1S/C71H135NO5/c1-3-5-7-9-11-13-15-17-18-34-37-40-43-47-51-55-59-63-69(74)68(67-73)72-70(75)64-60-56-52-48-44-41-38-35-32-30-28-26-24-22-20-19-21-23-25-27-29-31-33-36-39-42-46-50-54-58-62-66-77-71(76)65-61-57-53-49-45-16-14-12-10-8-6-4-2/h12,14,21,23,59,63,68-69,73-74H,3-11,13,15-20,22,24-58,60-62,64-67H2,1-2H3,(H,72,75)/b14-12-,23-21-,63-59+. The molecule has 0 aliphatic rings. The van der Waals surface area contributed by atoms with Crippen LogP contribution in [0.5, 0.6) is 0 Å². The number of esters is 1. The van der Waals surface area contributed by atoms with Gasteiger partial charge in [-0.1, -0.05) is 320 Å². The van der Waals surface area contributed by atoms with E-state index in [1.807, 2.05) is 6.08 Å². The van der Waals surface area contributed by atoms with Crippen LogP contribution in [-0.2, 0) is 14.3 Å². The Morgan fingerprint density at radius 2 is 0.610 bits per heavy atom. The summed E-state index contributed by atoms with van der Waals surface area (Å²) in [5, 5.41) is 23.2. The molecule has 0 aromatic rings. The van der Waals surface area contributed by atoms with Crippen LogP contribution in [0.2, 0.25) is 0 Å². The summed E-state index contributed by atoms with van der Waals surface area (Å²) in [6, 6.07) is -0.626. The predicted molar refractivity (Wildman–Crippen MR) is 338 cm³/mol. The second-order valence-electron chi connectivity index (χ2n) is 23.9. The largest absolute Gasteiger partial charge is 0.466 e. The molecule has 0 aliphatic carbocycles. The Bertz CT molecular complexity index is 1250. The zero-order chi connectivity index (χ0) is 55.7. The molecule has 6 heteroatoms. The zero-order valence-corrected chi connectivity index (χ0v) is 52.0. The minimum Gasteiger partial charge on any atom is -0.466 e. The van der Waals surface area contributed by atoms with Gasteiger partial charge >= 0.3 is 5.97 Å². The van der Waals surface area contributed by atoms with E-state index >= 15 is 0 Å². The van der Waals surface area contributed by atoms with E-state index in [1.54, 1.807) is 6.08 Å². The molecule has 0 aliphatic heterocycles. The van der Waals surface area contributed by atoms with Crippen molar-refractivity contribution >= 4 is 11.9 Å². The molecule has 1 amide bonds. The van der Waals surface area contributed by atoms with E-state index in [2.05, 4.69) is 43.5 Å². The molecule has 0 saturated carbocycles. The molecule has 0 heterocycles. The van der Waals surface area contributed by atoms with E-state index in [0.717, 1.165) is 44.9 Å². The molecule has 0 saturated heterocycles. The lowest BCUT2D eigenvalue weighted by Crippen LogP contribution is -2.45. The zero-order valence-electron chi connectivity index (χ0n) is 52.0. The molecule has 0 aromatic heterocycles. The highest BCUT2D eigenvalue weighted by molar-refractivity contribution is 5.76. The van der Waals surface area contributed by atoms with Gasteiger partial charge in [-0.05, 0) is 83.5 Å². The van der Waals surface area contributed by atoms with Crippen molar-refractivity contribution < 1.29 is 24.5 Å². The topological polar surface area (TPSA) is 95.9 Å². The van der Waals surface area contributed by atoms with Crippen LogP contribution in [0.25, 0.3) is 0 Å². The predicted octanol–water partition coefficient (Wildman–Crippen LogP) is 22.3. The van der Waals surface area contributed by atoms with Crippen LogP contribution in [0.3, 0.4) is 0 Å². The van der Waals surface area contributed by atoms with E-state index in [-0.39, 0.29) is 18.5 Å². The van der Waals surface area contributed by atoms with Gasteiger partial charge in [0.05, 0.1) is 25.4 Å². The van der Waals surface area contributed by atoms with Crippen molar-refractivity contribution in [1.82, 2.24) is 5.32 Å². The van der Waals surface area contributed by atoms with Gasteiger partial charge in [-0.15, -0.1) is 0 Å². The average molecular weight is 1080 g/mol. The Balaban J connectivity index is 3.38. The lowest BCUT2D eigenvalue weighted by molar-refractivity contribution is -0.143. The number of unbranched alkanes of at least 4 members (excludes halogenated alkanes) is 50. The molecule has 0 aromatic carbocycles. The first-order valence-corrected chi connectivity index (χ1v) is 34.8. The molecule has 0 fully saturated rings. The third-order valence-electron chi connectivity index (χ3n) is 16.1. The molecule has 0 spiro atoms. The van der Waals surface area contributed by atoms with Crippen molar-refractivity contribution in [2.24, 2.45) is 0 Å². The molecular weight excluding hydrogens is 947 g/mol. The average Bonchev–Trinajstić information content (AvgIpc) is 3.43. The molecule has 2 unspecified atom stereocenters. The number of hydrogen-bond donors (Lipinski definition) is 3. The fourth-order valence-corrected chi connectivity index (χ4v) is 10.8. The van der Waals surface area contributed by atoms with Gasteiger partial charge in [0.25, 0.3) is 0 Å². The number of carbonyl (C=O) groups is 2. The van der Waals surface area contributed by atoms with Gasteiger partial charge < -0.3 is 20.3 Å². The maximum absolute atomic E-state index is 12.5. The molecule has 454 valence electrons. The molecule has 2 atom stereocenters. The molecule has 0 radical (unpaired) electrons. The summed E-state index contributed by atoms with van der Waals surface area (Å²) in [7, 11) is 0. The number of rotatable bonds is 65. The number of amides is 1. The first kappa shape index (κ1) is 75.1. The SMILES string of the molecule is CCCCC/C=C\CCCCCCCC(=O)OCCCCCCCCCCCCCC/C=C\CCCCCCCCCCCCCCCCCC(=O)NC(CO)C(O)/C=C/CCCCCCCCCCCCCCCCC. The first-order valence-electron chi connectivity index (χ1n) is 34.8. The lowest BCUT2D eigenvalue weighted by Gasteiger charge is -2.20. The molecule has 3 N–H and O–H groups in total. The highest BCUT2D eigenvalue weighted by Crippen LogP contribution is 2.18. The van der Waals surface area contributed by atoms with Gasteiger partial charge in [0.2, 0.25) is 5.91 Å². The van der Waals surface area contributed by atoms with E-state index < -0.39 is 12.1 Å². The van der Waals surface area contributed by atoms with Gasteiger partial charge in [0.15, 0.2) is 0 Å². The Morgan fingerprint density at radius 3 is 0.948 bits per heavy atom. The monoisotopic (exact) mass is 1080 g/mol. The third kappa shape index (κ3) is 63.1. The van der Waals surface area contributed by atoms with Crippen molar-refractivity contribution in [3.63, 3.8) is 0 Å². The van der Waals surface area contributed by atoms with Crippen molar-refractivity contribution in [1.29, 1.82) is 0 Å². The summed E-state index contributed by atoms with van der Waals surface area (Å²) in [5.41, 5.74) is 0. The van der Waals surface area contributed by atoms with Gasteiger partial charge in [-0.3, -0.25) is 9.59 Å². The van der Waals surface area contributed by atoms with Gasteiger partial charge in [-0.2, -0.15) is 0 Å². The minimum absolute atomic E-state index is 0.00745. The Morgan fingerprint density at radius 1 is 0.351 bits per heavy atom. The van der Waals surface area contributed by atoms with Crippen LogP contribution in [0.15, 0.2) is 36.5 Å². The van der Waals surface area contributed by atoms with Crippen LogP contribution in [0.1, 0.15) is 380 Å². The smallest absolute Gasteiger partial charge is 0.305 e. The van der Waals surface area contributed by atoms with E-state index in [0.29, 0.717) is 19.4 Å². The van der Waals surface area contributed by atoms with Crippen LogP contribution in [0, 0.1) is 0 Å². The summed E-state index contributed by atoms with van der Waals surface area (Å²) >= 11 is 0. The van der Waals surface area contributed by atoms with Gasteiger partial charge in [0, 0.05) is 12.8 Å². The summed E-state index contributed by atoms with van der Waals surface area (Å²) < 4.78 is 5.47. The number of aliphatic hydroxyl groups is 2. The fourth-order valence-electron chi connectivity index (χ4n) is 10.8. The molecule has 0 rings (SSSR count). The number of ether oxygens (including phenoxy) is 1. The number of allylic oxidation sites excluding steroid dienone is 5. The first-order chi connectivity index (χ1) is 38.0. The number of carbonyl (C=O) groups excluding carboxylic acids is 2. The summed E-state index contributed by atoms with van der Waals surface area (Å²) in [6.07, 6.45) is 85.1. The normalized spacial score (nSPS) is 12.7. The molecule has 6 nitrogen and oxygen atoms in total. The van der Waals surface area contributed by atoms with Crippen molar-refractivity contribution in [2.75, 3.05) is 13.2 Å². The highest BCUT2D eigenvalue weighted by atomic mass is 16.5. The van der Waals surface area contributed by atoms with Crippen molar-refractivity contribution in [3.8, 4) is 0 Å². The fraction of sp³-hybridized carbons (Fsp3) is 0.887. The van der Waals surface area contributed by atoms with E-state index in [1.165, 1.54) is 308 Å². The van der Waals surface area contributed by atoms with Crippen molar-refractivity contribution in [3.05, 3.63) is 36.5 Å². The van der Waals surface area contributed by atoms with Crippen molar-refractivity contribution in [2.45, 2.75) is 392 Å². The highest BCUT2D eigenvalue weighted by Gasteiger charge is 2.18. The maximum Gasteiger partial charge on any atom is 0.305 e. The number of aliphatic hydroxyl groups excluding tert-OH is 2. The second kappa shape index (κ2) is 66.6. The Labute approximate surface area is 481 Å². The molecule has 77 heavy (non-hydrogen) atoms. The third-order valence-corrected chi connectivity index (χ3v) is 16.1.